The minimum absolute atomic E-state index is 0.0493. The molecule has 5 nitrogen and oxygen atoms in total. The molecule has 3 rings (SSSR count). The van der Waals surface area contributed by atoms with E-state index in [4.69, 9.17) is 5.11 Å². The van der Waals surface area contributed by atoms with E-state index in [-0.39, 0.29) is 6.61 Å². The number of nitrogens with one attached hydrogen (secondary N) is 1. The molecule has 28 heavy (non-hydrogen) atoms. The Morgan fingerprint density at radius 2 is 2.07 bits per heavy atom. The molecule has 0 aliphatic heterocycles. The Bertz CT molecular complexity index is 1010. The maximum absolute atomic E-state index is 12.2. The van der Waals surface area contributed by atoms with Gasteiger partial charge in [-0.05, 0) is 29.8 Å². The van der Waals surface area contributed by atoms with Crippen molar-refractivity contribution in [3.8, 4) is 11.3 Å². The largest absolute Gasteiger partial charge is 0.392 e. The Balaban J connectivity index is 1.80. The number of imidazole rings is 1. The van der Waals surface area contributed by atoms with Crippen molar-refractivity contribution in [2.75, 3.05) is 11.9 Å². The van der Waals surface area contributed by atoms with Gasteiger partial charge in [0.15, 0.2) is 0 Å². The van der Waals surface area contributed by atoms with Gasteiger partial charge in [-0.25, -0.2) is 4.98 Å². The van der Waals surface area contributed by atoms with Crippen molar-refractivity contribution in [3.63, 3.8) is 0 Å². The first kappa shape index (κ1) is 19.6. The highest BCUT2D eigenvalue weighted by atomic mass is 19.4. The number of rotatable bonds is 6. The standard InChI is InChI=1S/C20H18F3N3O2/c21-20(22,23)8-6-19(28)25-16-5-1-4-15(12-16)17-13-24-18-11-14(3-2-10-27)7-9-26(17)18/h1-5,7,9,11-13,27H,6,8,10H2,(H,25,28)/b3-2+. The third kappa shape index (κ3) is 4.98. The first-order valence-corrected chi connectivity index (χ1v) is 8.57. The number of alkyl halides is 3. The van der Waals surface area contributed by atoms with Crippen LogP contribution in [0.15, 0.2) is 54.9 Å². The minimum atomic E-state index is -4.36. The average Bonchev–Trinajstić information content (AvgIpc) is 3.07. The quantitative estimate of drug-likeness (QED) is 0.661. The fourth-order valence-electron chi connectivity index (χ4n) is 2.74. The van der Waals surface area contributed by atoms with Gasteiger partial charge in [0.05, 0.1) is 24.9 Å². The van der Waals surface area contributed by atoms with Crippen LogP contribution in [0.5, 0.6) is 0 Å². The Kier molecular flexibility index (Phi) is 5.79. The summed E-state index contributed by atoms with van der Waals surface area (Å²) >= 11 is 0. The molecule has 0 unspecified atom stereocenters. The molecule has 0 aliphatic carbocycles. The molecule has 0 spiro atoms. The number of carbonyl (C=O) groups excluding carboxylic acids is 1. The van der Waals surface area contributed by atoms with Crippen molar-refractivity contribution in [3.05, 3.63) is 60.4 Å². The summed E-state index contributed by atoms with van der Waals surface area (Å²) in [6.45, 7) is -0.0493. The van der Waals surface area contributed by atoms with Crippen molar-refractivity contribution in [1.29, 1.82) is 0 Å². The Morgan fingerprint density at radius 3 is 2.82 bits per heavy atom. The van der Waals surface area contributed by atoms with E-state index in [1.165, 1.54) is 0 Å². The fraction of sp³-hybridized carbons (Fsp3) is 0.200. The SMILES string of the molecule is O=C(CCC(F)(F)F)Nc1cccc(-c2cnc3cc(/C=C/CO)ccn23)c1. The normalized spacial score (nSPS) is 12.0. The van der Waals surface area contributed by atoms with Crippen LogP contribution in [0.2, 0.25) is 0 Å². The molecule has 1 amide bonds. The van der Waals surface area contributed by atoms with Crippen LogP contribution in [-0.2, 0) is 4.79 Å². The van der Waals surface area contributed by atoms with E-state index < -0.39 is 24.9 Å². The first-order valence-electron chi connectivity index (χ1n) is 8.57. The zero-order chi connectivity index (χ0) is 20.1. The van der Waals surface area contributed by atoms with Gasteiger partial charge in [0.25, 0.3) is 0 Å². The molecule has 0 bridgehead atoms. The van der Waals surface area contributed by atoms with Gasteiger partial charge in [-0.2, -0.15) is 13.2 Å². The number of fused-ring (bicyclic) bond motifs is 1. The van der Waals surface area contributed by atoms with Gasteiger partial charge < -0.3 is 10.4 Å². The smallest absolute Gasteiger partial charge is 0.389 e. The molecule has 0 saturated heterocycles. The van der Waals surface area contributed by atoms with Crippen LogP contribution >= 0.6 is 0 Å². The molecular weight excluding hydrogens is 371 g/mol. The number of aliphatic hydroxyl groups is 1. The van der Waals surface area contributed by atoms with Gasteiger partial charge in [0, 0.05) is 23.9 Å². The first-order chi connectivity index (χ1) is 13.4. The number of halogens is 3. The minimum Gasteiger partial charge on any atom is -0.392 e. The Labute approximate surface area is 159 Å². The fourth-order valence-corrected chi connectivity index (χ4v) is 2.74. The number of pyridine rings is 1. The van der Waals surface area contributed by atoms with Crippen LogP contribution in [0.1, 0.15) is 18.4 Å². The summed E-state index contributed by atoms with van der Waals surface area (Å²) < 4.78 is 38.6. The second kappa shape index (κ2) is 8.26. The molecule has 2 aromatic heterocycles. The summed E-state index contributed by atoms with van der Waals surface area (Å²) in [6.07, 6.45) is 0.794. The van der Waals surface area contributed by atoms with Crippen molar-refractivity contribution in [2.24, 2.45) is 0 Å². The van der Waals surface area contributed by atoms with Gasteiger partial charge in [-0.1, -0.05) is 24.3 Å². The maximum Gasteiger partial charge on any atom is 0.389 e. The van der Waals surface area contributed by atoms with Crippen molar-refractivity contribution < 1.29 is 23.1 Å². The van der Waals surface area contributed by atoms with Crippen molar-refractivity contribution in [1.82, 2.24) is 9.38 Å². The lowest BCUT2D eigenvalue weighted by molar-refractivity contribution is -0.142. The van der Waals surface area contributed by atoms with Gasteiger partial charge >= 0.3 is 6.18 Å². The van der Waals surface area contributed by atoms with E-state index in [0.29, 0.717) is 11.3 Å². The molecule has 0 saturated carbocycles. The second-order valence-electron chi connectivity index (χ2n) is 6.16. The molecule has 2 N–H and O–H groups in total. The highest BCUT2D eigenvalue weighted by Crippen LogP contribution is 2.25. The van der Waals surface area contributed by atoms with E-state index in [9.17, 15) is 18.0 Å². The van der Waals surface area contributed by atoms with Gasteiger partial charge in [0.1, 0.15) is 5.65 Å². The van der Waals surface area contributed by atoms with Crippen molar-refractivity contribution >= 4 is 23.3 Å². The van der Waals surface area contributed by atoms with Crippen LogP contribution in [0, 0.1) is 0 Å². The Hall–Kier alpha value is -3.13. The lowest BCUT2D eigenvalue weighted by Gasteiger charge is -2.09. The number of amides is 1. The van der Waals surface area contributed by atoms with E-state index in [1.807, 2.05) is 28.8 Å². The number of hydrogen-bond acceptors (Lipinski definition) is 3. The van der Waals surface area contributed by atoms with Crippen LogP contribution in [0.25, 0.3) is 23.0 Å². The zero-order valence-corrected chi connectivity index (χ0v) is 14.8. The third-order valence-electron chi connectivity index (χ3n) is 4.03. The third-order valence-corrected chi connectivity index (χ3v) is 4.03. The molecule has 0 fully saturated rings. The van der Waals surface area contributed by atoms with E-state index in [1.54, 1.807) is 36.5 Å². The summed E-state index contributed by atoms with van der Waals surface area (Å²) in [6, 6.07) is 10.6. The number of hydrogen-bond donors (Lipinski definition) is 2. The summed E-state index contributed by atoms with van der Waals surface area (Å²) in [5.41, 5.74) is 3.56. The number of anilines is 1. The van der Waals surface area contributed by atoms with Crippen LogP contribution in [0.3, 0.4) is 0 Å². The number of aliphatic hydroxyl groups excluding tert-OH is 1. The second-order valence-corrected chi connectivity index (χ2v) is 6.16. The van der Waals surface area contributed by atoms with Gasteiger partial charge in [0.2, 0.25) is 5.91 Å². The monoisotopic (exact) mass is 389 g/mol. The summed E-state index contributed by atoms with van der Waals surface area (Å²) in [7, 11) is 0. The summed E-state index contributed by atoms with van der Waals surface area (Å²) in [5, 5.41) is 11.4. The molecule has 0 atom stereocenters. The molecule has 146 valence electrons. The number of nitrogens with zero attached hydrogens (tertiary/aromatic N) is 2. The van der Waals surface area contributed by atoms with Crippen LogP contribution in [0.4, 0.5) is 18.9 Å². The predicted octanol–water partition coefficient (Wildman–Crippen LogP) is 4.29. The molecule has 2 heterocycles. The Morgan fingerprint density at radius 1 is 1.25 bits per heavy atom. The lowest BCUT2D eigenvalue weighted by Crippen LogP contribution is -2.16. The lowest BCUT2D eigenvalue weighted by atomic mass is 10.1. The molecule has 8 heteroatoms. The molecule has 1 aromatic carbocycles. The van der Waals surface area contributed by atoms with E-state index in [0.717, 1.165) is 16.8 Å². The molecule has 0 aliphatic rings. The van der Waals surface area contributed by atoms with Gasteiger partial charge in [-0.3, -0.25) is 9.20 Å². The maximum atomic E-state index is 12.2. The van der Waals surface area contributed by atoms with E-state index >= 15 is 0 Å². The summed E-state index contributed by atoms with van der Waals surface area (Å²) in [5.74, 6) is -0.687. The number of carbonyl (C=O) groups is 1. The molecule has 0 radical (unpaired) electrons. The van der Waals surface area contributed by atoms with Crippen LogP contribution in [-0.4, -0.2) is 33.2 Å². The molecular formula is C20H18F3N3O2. The van der Waals surface area contributed by atoms with E-state index in [2.05, 4.69) is 10.3 Å². The number of aromatic nitrogens is 2. The molecule has 3 aromatic rings. The van der Waals surface area contributed by atoms with Crippen molar-refractivity contribution in [2.45, 2.75) is 19.0 Å². The highest BCUT2D eigenvalue weighted by molar-refractivity contribution is 5.91. The average molecular weight is 389 g/mol. The highest BCUT2D eigenvalue weighted by Gasteiger charge is 2.27. The zero-order valence-electron chi connectivity index (χ0n) is 14.8. The van der Waals surface area contributed by atoms with Gasteiger partial charge in [-0.15, -0.1) is 0 Å². The predicted molar refractivity (Wildman–Crippen MR) is 101 cm³/mol. The number of benzene rings is 1. The summed E-state index contributed by atoms with van der Waals surface area (Å²) in [4.78, 5) is 16.1. The van der Waals surface area contributed by atoms with Crippen LogP contribution < -0.4 is 5.32 Å². The topological polar surface area (TPSA) is 66.6 Å².